The molecule has 1 unspecified atom stereocenters. The summed E-state index contributed by atoms with van der Waals surface area (Å²) in [4.78, 5) is 14.5. The molecule has 0 aromatic heterocycles. The summed E-state index contributed by atoms with van der Waals surface area (Å²) in [6.45, 7) is 0.500. The lowest BCUT2D eigenvalue weighted by molar-refractivity contribution is -0.387. The van der Waals surface area contributed by atoms with Gasteiger partial charge < -0.3 is 4.84 Å². The highest BCUT2D eigenvalue weighted by molar-refractivity contribution is 7.89. The van der Waals surface area contributed by atoms with E-state index in [2.05, 4.69) is 10.2 Å². The smallest absolute Gasteiger partial charge is 0.289 e. The monoisotopic (exact) mass is 273 g/mol. The molecule has 18 heavy (non-hydrogen) atoms. The quantitative estimate of drug-likeness (QED) is 0.579. The third kappa shape index (κ3) is 2.64. The lowest BCUT2D eigenvalue weighted by Gasteiger charge is -2.10. The Labute approximate surface area is 103 Å². The van der Waals surface area contributed by atoms with Gasteiger partial charge in [0.05, 0.1) is 17.6 Å². The first-order chi connectivity index (χ1) is 8.50. The van der Waals surface area contributed by atoms with Crippen molar-refractivity contribution in [3.63, 3.8) is 0 Å². The number of nitrogens with zero attached hydrogens (tertiary/aromatic N) is 1. The van der Waals surface area contributed by atoms with Crippen LogP contribution in [0.15, 0.2) is 29.2 Å². The fraction of sp³-hybridized carbons (Fsp3) is 0.333. The van der Waals surface area contributed by atoms with Gasteiger partial charge in [-0.15, -0.1) is 0 Å². The van der Waals surface area contributed by atoms with Crippen LogP contribution in [0.25, 0.3) is 0 Å². The second-order valence-electron chi connectivity index (χ2n) is 3.70. The lowest BCUT2D eigenvalue weighted by Crippen LogP contribution is -2.38. The van der Waals surface area contributed by atoms with Crippen molar-refractivity contribution in [3.8, 4) is 0 Å². The van der Waals surface area contributed by atoms with Gasteiger partial charge in [0, 0.05) is 12.6 Å². The minimum absolute atomic E-state index is 0.180. The molecule has 0 bridgehead atoms. The Morgan fingerprint density at radius 2 is 2.17 bits per heavy atom. The summed E-state index contributed by atoms with van der Waals surface area (Å²) < 4.78 is 26.4. The van der Waals surface area contributed by atoms with E-state index in [-0.39, 0.29) is 11.5 Å². The van der Waals surface area contributed by atoms with Gasteiger partial charge in [-0.05, 0) is 6.07 Å². The van der Waals surface area contributed by atoms with E-state index in [1.807, 2.05) is 0 Å². The SMILES string of the molecule is O=[N+]([O-])c1ccccc1S(=O)(=O)NC1CNOC1. The lowest BCUT2D eigenvalue weighted by atomic mass is 10.3. The molecule has 1 atom stereocenters. The van der Waals surface area contributed by atoms with Crippen molar-refractivity contribution in [2.45, 2.75) is 10.9 Å². The third-order valence-electron chi connectivity index (χ3n) is 2.39. The van der Waals surface area contributed by atoms with Crippen molar-refractivity contribution >= 4 is 15.7 Å². The molecule has 0 radical (unpaired) electrons. The number of benzene rings is 1. The molecule has 2 N–H and O–H groups in total. The van der Waals surface area contributed by atoms with Crippen molar-refractivity contribution in [2.24, 2.45) is 0 Å². The number of nitro benzene ring substituents is 1. The van der Waals surface area contributed by atoms with E-state index in [1.165, 1.54) is 18.2 Å². The van der Waals surface area contributed by atoms with Crippen LogP contribution in [0, 0.1) is 10.1 Å². The Morgan fingerprint density at radius 1 is 1.44 bits per heavy atom. The van der Waals surface area contributed by atoms with Gasteiger partial charge in [0.25, 0.3) is 5.69 Å². The van der Waals surface area contributed by atoms with Crippen LogP contribution in [0.4, 0.5) is 5.69 Å². The molecule has 1 aromatic rings. The first-order valence-corrected chi connectivity index (χ1v) is 6.59. The number of nitrogens with one attached hydrogen (secondary N) is 2. The molecule has 1 aliphatic heterocycles. The average molecular weight is 273 g/mol. The molecule has 8 nitrogen and oxygen atoms in total. The van der Waals surface area contributed by atoms with Gasteiger partial charge in [-0.1, -0.05) is 12.1 Å². The Hall–Kier alpha value is -1.55. The van der Waals surface area contributed by atoms with E-state index in [0.29, 0.717) is 6.54 Å². The van der Waals surface area contributed by atoms with Crippen molar-refractivity contribution in [2.75, 3.05) is 13.2 Å². The maximum atomic E-state index is 12.0. The van der Waals surface area contributed by atoms with E-state index >= 15 is 0 Å². The van der Waals surface area contributed by atoms with Gasteiger partial charge in [0.1, 0.15) is 0 Å². The number of rotatable bonds is 4. The molecule has 0 amide bonds. The summed E-state index contributed by atoms with van der Waals surface area (Å²) in [6.07, 6.45) is 0. The van der Waals surface area contributed by atoms with Crippen LogP contribution in [-0.2, 0) is 14.9 Å². The molecule has 0 aliphatic carbocycles. The molecule has 0 saturated carbocycles. The minimum Gasteiger partial charge on any atom is -0.300 e. The van der Waals surface area contributed by atoms with Gasteiger partial charge in [0.15, 0.2) is 4.90 Å². The zero-order valence-corrected chi connectivity index (χ0v) is 10.0. The highest BCUT2D eigenvalue weighted by atomic mass is 32.2. The van der Waals surface area contributed by atoms with Crippen LogP contribution in [0.2, 0.25) is 0 Å². The Balaban J connectivity index is 2.31. The van der Waals surface area contributed by atoms with E-state index in [9.17, 15) is 18.5 Å². The zero-order chi connectivity index (χ0) is 13.2. The predicted molar refractivity (Wildman–Crippen MR) is 61.2 cm³/mol. The van der Waals surface area contributed by atoms with E-state index in [4.69, 9.17) is 4.84 Å². The number of hydrogen-bond acceptors (Lipinski definition) is 6. The largest absolute Gasteiger partial charge is 0.300 e. The summed E-state index contributed by atoms with van der Waals surface area (Å²) in [6, 6.07) is 4.76. The predicted octanol–water partition coefficient (Wildman–Crippen LogP) is -0.224. The third-order valence-corrected chi connectivity index (χ3v) is 3.96. The highest BCUT2D eigenvalue weighted by Gasteiger charge is 2.29. The normalized spacial score (nSPS) is 19.9. The number of nitro groups is 1. The molecule has 98 valence electrons. The second-order valence-corrected chi connectivity index (χ2v) is 5.38. The van der Waals surface area contributed by atoms with E-state index < -0.39 is 26.7 Å². The van der Waals surface area contributed by atoms with Crippen LogP contribution in [-0.4, -0.2) is 32.5 Å². The molecule has 1 aliphatic rings. The van der Waals surface area contributed by atoms with Crippen LogP contribution < -0.4 is 10.2 Å². The van der Waals surface area contributed by atoms with Crippen molar-refractivity contribution in [1.82, 2.24) is 10.2 Å². The maximum Gasteiger partial charge on any atom is 0.289 e. The second kappa shape index (κ2) is 4.98. The number of hydrogen-bond donors (Lipinski definition) is 2. The summed E-state index contributed by atoms with van der Waals surface area (Å²) in [7, 11) is -3.93. The average Bonchev–Trinajstić information content (AvgIpc) is 2.81. The summed E-state index contributed by atoms with van der Waals surface area (Å²) in [5.41, 5.74) is 2.08. The molecule has 0 spiro atoms. The van der Waals surface area contributed by atoms with Gasteiger partial charge >= 0.3 is 0 Å². The minimum atomic E-state index is -3.93. The van der Waals surface area contributed by atoms with Crippen LogP contribution in [0.3, 0.4) is 0 Å². The fourth-order valence-corrected chi connectivity index (χ4v) is 2.96. The first kappa shape index (κ1) is 12.9. The van der Waals surface area contributed by atoms with Gasteiger partial charge in [-0.25, -0.2) is 18.6 Å². The topological polar surface area (TPSA) is 111 Å². The van der Waals surface area contributed by atoms with Gasteiger partial charge in [-0.2, -0.15) is 0 Å². The molecule has 1 saturated heterocycles. The Kier molecular flexibility index (Phi) is 3.57. The van der Waals surface area contributed by atoms with Crippen molar-refractivity contribution in [3.05, 3.63) is 34.4 Å². The van der Waals surface area contributed by atoms with Gasteiger partial charge in [0.2, 0.25) is 10.0 Å². The molecule has 1 fully saturated rings. The summed E-state index contributed by atoms with van der Waals surface area (Å²) in [5.74, 6) is 0. The van der Waals surface area contributed by atoms with E-state index in [1.54, 1.807) is 0 Å². The Morgan fingerprint density at radius 3 is 2.78 bits per heavy atom. The zero-order valence-electron chi connectivity index (χ0n) is 9.20. The van der Waals surface area contributed by atoms with Crippen molar-refractivity contribution in [1.29, 1.82) is 0 Å². The van der Waals surface area contributed by atoms with E-state index in [0.717, 1.165) is 6.07 Å². The first-order valence-electron chi connectivity index (χ1n) is 5.11. The highest BCUT2D eigenvalue weighted by Crippen LogP contribution is 2.22. The standard InChI is InChI=1S/C9H11N3O5S/c13-12(14)8-3-1-2-4-9(8)18(15,16)11-7-5-10-17-6-7/h1-4,7,10-11H,5-6H2. The van der Waals surface area contributed by atoms with Crippen molar-refractivity contribution < 1.29 is 18.2 Å². The number of para-hydroxylation sites is 1. The maximum absolute atomic E-state index is 12.0. The molecular formula is C9H11N3O5S. The van der Waals surface area contributed by atoms with Crippen LogP contribution in [0.1, 0.15) is 0 Å². The molecule has 1 heterocycles. The molecule has 9 heteroatoms. The number of sulfonamides is 1. The fourth-order valence-electron chi connectivity index (χ4n) is 1.57. The Bertz CT molecular complexity index is 553. The van der Waals surface area contributed by atoms with Gasteiger partial charge in [-0.3, -0.25) is 10.1 Å². The van der Waals surface area contributed by atoms with Crippen LogP contribution >= 0.6 is 0 Å². The summed E-state index contributed by atoms with van der Waals surface area (Å²) in [5, 5.41) is 10.8. The molecular weight excluding hydrogens is 262 g/mol. The number of hydroxylamine groups is 1. The molecule has 2 rings (SSSR count). The van der Waals surface area contributed by atoms with Crippen LogP contribution in [0.5, 0.6) is 0 Å². The molecule has 1 aromatic carbocycles. The summed E-state index contributed by atoms with van der Waals surface area (Å²) >= 11 is 0.